The number of aryl methyl sites for hydroxylation is 2. The van der Waals surface area contributed by atoms with Gasteiger partial charge in [0.1, 0.15) is 0 Å². The maximum atomic E-state index is 11.2. The minimum Gasteiger partial charge on any atom is -0.806 e. The van der Waals surface area contributed by atoms with Crippen molar-refractivity contribution in [1.82, 2.24) is 0 Å². The van der Waals surface area contributed by atoms with E-state index in [1.165, 1.54) is 22.6 Å². The molecular formula is C20H21N2O3P. The monoisotopic (exact) mass is 368 g/mol. The standard InChI is InChI=1S/C20H21N2O3P/c1-15-12-16(2)14-20(13-15)22-10-6-19(7-11-22)18-4-8-21(9-5-18)17(3)26(23,24)25/h4-14,17H,1-3H3. The Bertz CT molecular complexity index is 943. The van der Waals surface area contributed by atoms with E-state index in [1.807, 2.05) is 36.7 Å². The molecule has 26 heavy (non-hydrogen) atoms. The predicted octanol–water partition coefficient (Wildman–Crippen LogP) is 1.97. The molecule has 2 aromatic heterocycles. The molecule has 6 heteroatoms. The van der Waals surface area contributed by atoms with E-state index in [-0.39, 0.29) is 0 Å². The van der Waals surface area contributed by atoms with E-state index in [1.54, 1.807) is 12.4 Å². The highest BCUT2D eigenvalue weighted by Crippen LogP contribution is 2.35. The summed E-state index contributed by atoms with van der Waals surface area (Å²) in [5.41, 5.74) is 5.50. The first kappa shape index (κ1) is 18.5. The SMILES string of the molecule is Cc1cc(C)cc(-[n+]2ccc(-c3cc[n+](C(C)P(=O)([O-])[O-])cc3)cc2)c1. The van der Waals surface area contributed by atoms with Gasteiger partial charge in [-0.3, -0.25) is 0 Å². The van der Waals surface area contributed by atoms with Crippen LogP contribution in [0.4, 0.5) is 0 Å². The van der Waals surface area contributed by atoms with Crippen molar-refractivity contribution in [2.75, 3.05) is 0 Å². The fourth-order valence-corrected chi connectivity index (χ4v) is 3.41. The number of benzene rings is 1. The Hall–Kier alpha value is -2.33. The quantitative estimate of drug-likeness (QED) is 0.522. The van der Waals surface area contributed by atoms with Crippen molar-refractivity contribution in [3.05, 3.63) is 78.4 Å². The van der Waals surface area contributed by atoms with Gasteiger partial charge in [-0.05, 0) is 36.1 Å². The lowest BCUT2D eigenvalue weighted by molar-refractivity contribution is -0.707. The largest absolute Gasteiger partial charge is 0.806 e. The minimum atomic E-state index is -4.65. The smallest absolute Gasteiger partial charge is 0.211 e. The Morgan fingerprint density at radius 1 is 0.846 bits per heavy atom. The predicted molar refractivity (Wildman–Crippen MR) is 95.4 cm³/mol. The van der Waals surface area contributed by atoms with Crippen LogP contribution in [0.3, 0.4) is 0 Å². The van der Waals surface area contributed by atoms with Gasteiger partial charge in [0.2, 0.25) is 5.69 Å². The van der Waals surface area contributed by atoms with E-state index in [9.17, 15) is 14.4 Å². The summed E-state index contributed by atoms with van der Waals surface area (Å²) >= 11 is 0. The molecule has 0 fully saturated rings. The first-order valence-electron chi connectivity index (χ1n) is 8.37. The van der Waals surface area contributed by atoms with E-state index in [0.717, 1.165) is 16.8 Å². The summed E-state index contributed by atoms with van der Waals surface area (Å²) in [7, 11) is -4.65. The van der Waals surface area contributed by atoms with Gasteiger partial charge in [0.25, 0.3) is 0 Å². The second kappa shape index (κ2) is 7.12. The van der Waals surface area contributed by atoms with E-state index in [2.05, 4.69) is 36.6 Å². The average molecular weight is 368 g/mol. The Morgan fingerprint density at radius 2 is 1.31 bits per heavy atom. The van der Waals surface area contributed by atoms with Crippen molar-refractivity contribution in [2.24, 2.45) is 0 Å². The average Bonchev–Trinajstić information content (AvgIpc) is 2.60. The lowest BCUT2D eigenvalue weighted by Gasteiger charge is -2.31. The van der Waals surface area contributed by atoms with E-state index in [0.29, 0.717) is 0 Å². The summed E-state index contributed by atoms with van der Waals surface area (Å²) in [5, 5.41) is 0. The summed E-state index contributed by atoms with van der Waals surface area (Å²) < 4.78 is 14.6. The molecule has 0 aliphatic carbocycles. The van der Waals surface area contributed by atoms with Crippen LogP contribution in [0.2, 0.25) is 0 Å². The Kier molecular flexibility index (Phi) is 5.05. The molecule has 0 N–H and O–H groups in total. The van der Waals surface area contributed by atoms with Crippen LogP contribution in [0.1, 0.15) is 23.8 Å². The van der Waals surface area contributed by atoms with Gasteiger partial charge in [0.15, 0.2) is 30.6 Å². The van der Waals surface area contributed by atoms with Crippen molar-refractivity contribution in [3.8, 4) is 16.8 Å². The van der Waals surface area contributed by atoms with Crippen LogP contribution >= 0.6 is 7.60 Å². The molecule has 0 radical (unpaired) electrons. The molecular weight excluding hydrogens is 347 g/mol. The highest BCUT2D eigenvalue weighted by atomic mass is 31.2. The molecule has 1 aromatic carbocycles. The van der Waals surface area contributed by atoms with Gasteiger partial charge in [0, 0.05) is 50.9 Å². The second-order valence-corrected chi connectivity index (χ2v) is 8.37. The second-order valence-electron chi connectivity index (χ2n) is 6.55. The van der Waals surface area contributed by atoms with Gasteiger partial charge in [-0.1, -0.05) is 6.07 Å². The number of hydrogen-bond acceptors (Lipinski definition) is 3. The summed E-state index contributed by atoms with van der Waals surface area (Å²) in [4.78, 5) is 22.3. The van der Waals surface area contributed by atoms with Crippen LogP contribution in [-0.2, 0) is 4.57 Å². The molecule has 134 valence electrons. The third kappa shape index (κ3) is 4.07. The fourth-order valence-electron chi connectivity index (χ4n) is 2.93. The van der Waals surface area contributed by atoms with Crippen molar-refractivity contribution in [2.45, 2.75) is 26.6 Å². The van der Waals surface area contributed by atoms with Gasteiger partial charge in [-0.15, -0.1) is 0 Å². The molecule has 0 spiro atoms. The van der Waals surface area contributed by atoms with E-state index in [4.69, 9.17) is 0 Å². The molecule has 1 atom stereocenters. The van der Waals surface area contributed by atoms with Gasteiger partial charge in [0.05, 0.1) is 0 Å². The number of nitrogens with zero attached hydrogens (tertiary/aromatic N) is 2. The molecule has 2 heterocycles. The summed E-state index contributed by atoms with van der Waals surface area (Å²) in [6, 6.07) is 14.0. The van der Waals surface area contributed by atoms with Gasteiger partial charge in [-0.2, -0.15) is 9.13 Å². The summed E-state index contributed by atoms with van der Waals surface area (Å²) in [5.74, 6) is -1.10. The molecule has 0 aliphatic rings. The number of pyridine rings is 2. The fraction of sp³-hybridized carbons (Fsp3) is 0.200. The van der Waals surface area contributed by atoms with Crippen LogP contribution in [0.15, 0.2) is 67.3 Å². The third-order valence-electron chi connectivity index (χ3n) is 4.41. The Morgan fingerprint density at radius 3 is 1.77 bits per heavy atom. The number of aromatic nitrogens is 2. The number of rotatable bonds is 4. The number of hydrogen-bond donors (Lipinski definition) is 0. The molecule has 0 saturated heterocycles. The van der Waals surface area contributed by atoms with E-state index >= 15 is 0 Å². The van der Waals surface area contributed by atoms with E-state index < -0.39 is 13.4 Å². The van der Waals surface area contributed by atoms with Crippen molar-refractivity contribution in [3.63, 3.8) is 0 Å². The maximum Gasteiger partial charge on any atom is 0.211 e. The highest BCUT2D eigenvalue weighted by molar-refractivity contribution is 7.48. The lowest BCUT2D eigenvalue weighted by atomic mass is 10.1. The zero-order chi connectivity index (χ0) is 18.9. The first-order valence-corrected chi connectivity index (χ1v) is 9.98. The van der Waals surface area contributed by atoms with Crippen molar-refractivity contribution in [1.29, 1.82) is 0 Å². The Balaban J connectivity index is 1.86. The van der Waals surface area contributed by atoms with Crippen LogP contribution in [-0.4, -0.2) is 0 Å². The molecule has 5 nitrogen and oxygen atoms in total. The van der Waals surface area contributed by atoms with Crippen molar-refractivity contribution < 1.29 is 23.5 Å². The molecule has 1 unspecified atom stereocenters. The van der Waals surface area contributed by atoms with Gasteiger partial charge >= 0.3 is 0 Å². The minimum absolute atomic E-state index is 0.952. The van der Waals surface area contributed by atoms with Crippen LogP contribution in [0.5, 0.6) is 0 Å². The van der Waals surface area contributed by atoms with Crippen LogP contribution in [0, 0.1) is 13.8 Å². The zero-order valence-corrected chi connectivity index (χ0v) is 15.9. The van der Waals surface area contributed by atoms with Crippen LogP contribution < -0.4 is 18.9 Å². The van der Waals surface area contributed by atoms with Gasteiger partial charge < -0.3 is 14.4 Å². The van der Waals surface area contributed by atoms with Gasteiger partial charge in [-0.25, -0.2) is 0 Å². The molecule has 0 bridgehead atoms. The zero-order valence-electron chi connectivity index (χ0n) is 15.0. The summed E-state index contributed by atoms with van der Waals surface area (Å²) in [6.07, 6.45) is 7.23. The highest BCUT2D eigenvalue weighted by Gasteiger charge is 2.16. The van der Waals surface area contributed by atoms with Crippen LogP contribution in [0.25, 0.3) is 16.8 Å². The Labute approximate surface area is 153 Å². The van der Waals surface area contributed by atoms with Crippen molar-refractivity contribution >= 4 is 7.60 Å². The molecule has 3 rings (SSSR count). The summed E-state index contributed by atoms with van der Waals surface area (Å²) in [6.45, 7) is 5.54. The topological polar surface area (TPSA) is 71.0 Å². The maximum absolute atomic E-state index is 11.2. The molecule has 3 aromatic rings. The molecule has 0 saturated carbocycles. The molecule has 0 amide bonds. The first-order chi connectivity index (χ1) is 12.2. The normalized spacial score (nSPS) is 12.8. The molecule has 0 aliphatic heterocycles. The lowest BCUT2D eigenvalue weighted by Crippen LogP contribution is -2.41. The third-order valence-corrected chi connectivity index (χ3v) is 5.59.